The predicted molar refractivity (Wildman–Crippen MR) is 161 cm³/mol. The van der Waals surface area contributed by atoms with Crippen molar-refractivity contribution in [2.45, 2.75) is 111 Å². The van der Waals surface area contributed by atoms with E-state index >= 15 is 0 Å². The number of rotatable bonds is 4. The van der Waals surface area contributed by atoms with E-state index in [0.29, 0.717) is 19.0 Å². The number of nitrogens with one attached hydrogen (secondary N) is 2. The second-order valence-electron chi connectivity index (χ2n) is 12.1. The van der Waals surface area contributed by atoms with E-state index in [1.165, 1.54) is 5.56 Å². The van der Waals surface area contributed by atoms with Gasteiger partial charge in [-0.2, -0.15) is 0 Å². The van der Waals surface area contributed by atoms with E-state index in [0.717, 1.165) is 78.8 Å². The van der Waals surface area contributed by atoms with Crippen LogP contribution in [0.1, 0.15) is 98.2 Å². The van der Waals surface area contributed by atoms with E-state index in [9.17, 15) is 9.59 Å². The van der Waals surface area contributed by atoms with Crippen molar-refractivity contribution in [2.75, 3.05) is 11.4 Å². The first kappa shape index (κ1) is 29.6. The fourth-order valence-electron chi connectivity index (χ4n) is 6.12. The van der Waals surface area contributed by atoms with Crippen LogP contribution in [0, 0.1) is 13.8 Å². The molecule has 1 fully saturated rings. The highest BCUT2D eigenvalue weighted by Gasteiger charge is 2.29. The van der Waals surface area contributed by atoms with Crippen LogP contribution in [0.5, 0.6) is 0 Å². The Hall–Kier alpha value is -3.35. The topological polar surface area (TPSA) is 83.6 Å². The summed E-state index contributed by atoms with van der Waals surface area (Å²) in [5.41, 5.74) is 6.83. The fourth-order valence-corrected chi connectivity index (χ4v) is 6.12. The third-order valence-corrected chi connectivity index (χ3v) is 7.95. The number of carbonyl (C=O) groups is 2. The van der Waals surface area contributed by atoms with Gasteiger partial charge in [-0.1, -0.05) is 18.2 Å². The Bertz CT molecular complexity index is 1240. The van der Waals surface area contributed by atoms with Gasteiger partial charge in [0.1, 0.15) is 5.60 Å². The molecule has 1 saturated carbocycles. The van der Waals surface area contributed by atoms with Gasteiger partial charge < -0.3 is 20.3 Å². The first-order valence-electron chi connectivity index (χ1n) is 14.8. The Morgan fingerprint density at radius 3 is 2.58 bits per heavy atom. The summed E-state index contributed by atoms with van der Waals surface area (Å²) in [4.78, 5) is 33.0. The average molecular weight is 547 g/mol. The molecule has 2 aromatic rings. The van der Waals surface area contributed by atoms with Crippen LogP contribution in [0.4, 0.5) is 10.5 Å². The quantitative estimate of drug-likeness (QED) is 0.438. The van der Waals surface area contributed by atoms with Crippen molar-refractivity contribution < 1.29 is 14.3 Å². The predicted octanol–water partition coefficient (Wildman–Crippen LogP) is 6.34. The molecule has 216 valence electrons. The Morgan fingerprint density at radius 2 is 1.88 bits per heavy atom. The van der Waals surface area contributed by atoms with Crippen LogP contribution in [0.2, 0.25) is 0 Å². The van der Waals surface area contributed by atoms with Crippen molar-refractivity contribution in [3.63, 3.8) is 0 Å². The number of pyridine rings is 1. The molecule has 1 aliphatic heterocycles. The number of hydrogen-bond acceptors (Lipinski definition) is 5. The minimum absolute atomic E-state index is 0.0435. The van der Waals surface area contributed by atoms with Crippen molar-refractivity contribution in [3.8, 4) is 0 Å². The lowest BCUT2D eigenvalue weighted by atomic mass is 9.89. The molecule has 2 aliphatic rings. The summed E-state index contributed by atoms with van der Waals surface area (Å²) in [5, 5.41) is 6.26. The number of anilines is 1. The van der Waals surface area contributed by atoms with Crippen LogP contribution in [-0.2, 0) is 24.1 Å². The molecule has 1 aromatic heterocycles. The summed E-state index contributed by atoms with van der Waals surface area (Å²) in [6, 6.07) is 8.74. The number of hydrogen-bond donors (Lipinski definition) is 2. The van der Waals surface area contributed by atoms with Gasteiger partial charge in [0.25, 0.3) is 5.91 Å². The fraction of sp³-hybridized carbons (Fsp3) is 0.545. The number of aryl methyl sites for hydroxylation is 3. The SMILES string of the molecule is CCN(c1cccc2c1C/C=C\CCc1cc(C)nc(C)c1CNC2=O)C1CCC(NC(=O)OC(C)(C)C)CC1. The zero-order valence-electron chi connectivity index (χ0n) is 25.1. The third-order valence-electron chi connectivity index (χ3n) is 7.95. The molecule has 1 aromatic carbocycles. The molecule has 0 unspecified atom stereocenters. The van der Waals surface area contributed by atoms with Gasteiger partial charge in [0, 0.05) is 47.8 Å². The summed E-state index contributed by atoms with van der Waals surface area (Å²) in [5.74, 6) is -0.0435. The first-order valence-corrected chi connectivity index (χ1v) is 14.8. The number of carbonyl (C=O) groups excluding carboxylic acids is 2. The zero-order chi connectivity index (χ0) is 28.9. The molecule has 0 radical (unpaired) electrons. The third kappa shape index (κ3) is 7.43. The second-order valence-corrected chi connectivity index (χ2v) is 12.1. The van der Waals surface area contributed by atoms with Gasteiger partial charge in [0.05, 0.1) is 0 Å². The van der Waals surface area contributed by atoms with Gasteiger partial charge in [-0.25, -0.2) is 4.79 Å². The van der Waals surface area contributed by atoms with Crippen molar-refractivity contribution >= 4 is 17.7 Å². The Labute approximate surface area is 239 Å². The average Bonchev–Trinajstić information content (AvgIpc) is 2.87. The summed E-state index contributed by atoms with van der Waals surface area (Å²) in [6.07, 6.45) is 10.5. The van der Waals surface area contributed by atoms with Gasteiger partial charge in [0.2, 0.25) is 0 Å². The van der Waals surface area contributed by atoms with Crippen molar-refractivity contribution in [1.29, 1.82) is 0 Å². The standard InChI is InChI=1S/C33H46N4O3/c1-7-37(26-18-16-25(17-19-26)36-32(39)40-33(4,5)6)30-15-11-14-28-27(30)13-10-8-9-12-24-20-22(2)35-23(3)29(24)21-34-31(28)38/h8,10-11,14-15,20,25-26H,7,9,12-13,16-19,21H2,1-6H3,(H,34,38)(H,36,39)/b10-8-. The monoisotopic (exact) mass is 546 g/mol. The normalized spacial score (nSPS) is 20.6. The van der Waals surface area contributed by atoms with E-state index in [1.807, 2.05) is 46.8 Å². The molecule has 0 bridgehead atoms. The number of ether oxygens (including phenoxy) is 1. The van der Waals surface area contributed by atoms with E-state index in [-0.39, 0.29) is 18.0 Å². The molecular formula is C33H46N4O3. The number of allylic oxidation sites excluding steroid dienone is 2. The van der Waals surface area contributed by atoms with E-state index in [4.69, 9.17) is 4.74 Å². The molecule has 0 atom stereocenters. The summed E-state index contributed by atoms with van der Waals surface area (Å²) < 4.78 is 5.46. The number of fused-ring (bicyclic) bond motifs is 2. The largest absolute Gasteiger partial charge is 0.444 e. The Balaban J connectivity index is 1.53. The van der Waals surface area contributed by atoms with Crippen molar-refractivity contribution in [3.05, 3.63) is 70.1 Å². The van der Waals surface area contributed by atoms with Gasteiger partial charge in [-0.3, -0.25) is 9.78 Å². The van der Waals surface area contributed by atoms with Crippen molar-refractivity contribution in [2.24, 2.45) is 0 Å². The molecule has 7 heteroatoms. The maximum Gasteiger partial charge on any atom is 0.407 e. The van der Waals surface area contributed by atoms with Gasteiger partial charge in [-0.05, 0) is 121 Å². The Morgan fingerprint density at radius 1 is 1.12 bits per heavy atom. The van der Waals surface area contributed by atoms with Gasteiger partial charge in [-0.15, -0.1) is 0 Å². The maximum absolute atomic E-state index is 13.6. The number of aromatic nitrogens is 1. The Kier molecular flexibility index (Phi) is 9.54. The molecule has 40 heavy (non-hydrogen) atoms. The molecule has 2 heterocycles. The molecule has 0 spiro atoms. The smallest absolute Gasteiger partial charge is 0.407 e. The minimum Gasteiger partial charge on any atom is -0.444 e. The number of alkyl carbamates (subject to hydrolysis) is 1. The lowest BCUT2D eigenvalue weighted by Gasteiger charge is -2.39. The molecular weight excluding hydrogens is 500 g/mol. The lowest BCUT2D eigenvalue weighted by molar-refractivity contribution is 0.0491. The summed E-state index contributed by atoms with van der Waals surface area (Å²) in [6.45, 7) is 13.2. The number of benzene rings is 1. The summed E-state index contributed by atoms with van der Waals surface area (Å²) >= 11 is 0. The van der Waals surface area contributed by atoms with Crippen molar-refractivity contribution in [1.82, 2.24) is 15.6 Å². The molecule has 2 amide bonds. The van der Waals surface area contributed by atoms with Crippen LogP contribution in [0.3, 0.4) is 0 Å². The molecule has 7 nitrogen and oxygen atoms in total. The first-order chi connectivity index (χ1) is 19.1. The lowest BCUT2D eigenvalue weighted by Crippen LogP contribution is -2.45. The van der Waals surface area contributed by atoms with Gasteiger partial charge >= 0.3 is 6.09 Å². The van der Waals surface area contributed by atoms with Crippen LogP contribution in [0.25, 0.3) is 0 Å². The van der Waals surface area contributed by atoms with Crippen LogP contribution in [-0.4, -0.2) is 41.2 Å². The summed E-state index contributed by atoms with van der Waals surface area (Å²) in [7, 11) is 0. The van der Waals surface area contributed by atoms with Gasteiger partial charge in [0.15, 0.2) is 0 Å². The van der Waals surface area contributed by atoms with Crippen LogP contribution in [0.15, 0.2) is 36.4 Å². The van der Waals surface area contributed by atoms with E-state index in [1.54, 1.807) is 0 Å². The molecule has 0 saturated heterocycles. The maximum atomic E-state index is 13.6. The highest BCUT2D eigenvalue weighted by atomic mass is 16.6. The zero-order valence-corrected chi connectivity index (χ0v) is 25.1. The molecule has 1 aliphatic carbocycles. The van der Waals surface area contributed by atoms with E-state index in [2.05, 4.69) is 51.7 Å². The highest BCUT2D eigenvalue weighted by Crippen LogP contribution is 2.32. The molecule has 2 N–H and O–H groups in total. The minimum atomic E-state index is -0.501. The number of nitrogens with zero attached hydrogens (tertiary/aromatic N) is 2. The van der Waals surface area contributed by atoms with E-state index < -0.39 is 5.60 Å². The van der Waals surface area contributed by atoms with Crippen LogP contribution < -0.4 is 15.5 Å². The van der Waals surface area contributed by atoms with Crippen LogP contribution >= 0.6 is 0 Å². The second kappa shape index (κ2) is 12.9. The highest BCUT2D eigenvalue weighted by molar-refractivity contribution is 5.97. The number of amides is 2. The molecule has 4 rings (SSSR count).